The molecule has 4 heteroatoms. The van der Waals surface area contributed by atoms with Crippen molar-refractivity contribution in [1.82, 2.24) is 5.16 Å². The van der Waals surface area contributed by atoms with Gasteiger partial charge in [0.2, 0.25) is 0 Å². The van der Waals surface area contributed by atoms with Crippen molar-refractivity contribution in [3.8, 4) is 0 Å². The van der Waals surface area contributed by atoms with Gasteiger partial charge in [-0.25, -0.2) is 4.79 Å². The molecular weight excluding hydrogens is 182 g/mol. The highest BCUT2D eigenvalue weighted by Crippen LogP contribution is 2.36. The Kier molecular flexibility index (Phi) is 2.06. The number of aromatic carboxylic acids is 1. The Balaban J connectivity index is 2.46. The van der Waals surface area contributed by atoms with Crippen LogP contribution in [-0.2, 0) is 6.42 Å². The fourth-order valence-corrected chi connectivity index (χ4v) is 2.26. The highest BCUT2D eigenvalue weighted by atomic mass is 16.5. The maximum Gasteiger partial charge on any atom is 0.358 e. The number of carboxylic acid groups (broad SMARTS) is 1. The zero-order valence-corrected chi connectivity index (χ0v) is 8.28. The van der Waals surface area contributed by atoms with Crippen LogP contribution in [0.5, 0.6) is 0 Å². The number of carboxylic acids is 1. The van der Waals surface area contributed by atoms with Crippen LogP contribution < -0.4 is 0 Å². The molecule has 1 aliphatic rings. The molecule has 1 heterocycles. The van der Waals surface area contributed by atoms with E-state index in [1.54, 1.807) is 0 Å². The lowest BCUT2D eigenvalue weighted by molar-refractivity contribution is 0.0684. The smallest absolute Gasteiger partial charge is 0.358 e. The van der Waals surface area contributed by atoms with Gasteiger partial charge in [0.15, 0.2) is 5.69 Å². The molecular formula is C10H13NO3. The van der Waals surface area contributed by atoms with Crippen molar-refractivity contribution in [3.63, 3.8) is 0 Å². The van der Waals surface area contributed by atoms with Crippen LogP contribution in [0.3, 0.4) is 0 Å². The Hall–Kier alpha value is -1.32. The molecule has 1 N–H and O–H groups in total. The number of hydrogen-bond donors (Lipinski definition) is 1. The number of aromatic nitrogens is 1. The Morgan fingerprint density at radius 2 is 2.29 bits per heavy atom. The number of fused-ring (bicyclic) bond motifs is 1. The molecule has 2 unspecified atom stereocenters. The van der Waals surface area contributed by atoms with Crippen molar-refractivity contribution < 1.29 is 14.4 Å². The highest BCUT2D eigenvalue weighted by molar-refractivity contribution is 5.87. The second kappa shape index (κ2) is 3.12. The molecule has 0 saturated carbocycles. The maximum atomic E-state index is 10.8. The van der Waals surface area contributed by atoms with Gasteiger partial charge in [-0.1, -0.05) is 19.0 Å². The summed E-state index contributed by atoms with van der Waals surface area (Å²) in [6.07, 6.45) is 1.81. The summed E-state index contributed by atoms with van der Waals surface area (Å²) in [6.45, 7) is 4.17. The molecule has 0 amide bonds. The van der Waals surface area contributed by atoms with Crippen LogP contribution in [0.4, 0.5) is 0 Å². The molecule has 0 radical (unpaired) electrons. The largest absolute Gasteiger partial charge is 0.476 e. The fraction of sp³-hybridized carbons (Fsp3) is 0.600. The van der Waals surface area contributed by atoms with Gasteiger partial charge >= 0.3 is 5.97 Å². The Bertz CT molecular complexity index is 369. The first-order valence-electron chi connectivity index (χ1n) is 4.81. The van der Waals surface area contributed by atoms with Crippen molar-refractivity contribution >= 4 is 5.97 Å². The van der Waals surface area contributed by atoms with Crippen LogP contribution in [0, 0.1) is 5.92 Å². The zero-order valence-electron chi connectivity index (χ0n) is 8.28. The molecule has 1 aliphatic carbocycles. The third-order valence-electron chi connectivity index (χ3n) is 2.79. The van der Waals surface area contributed by atoms with Crippen LogP contribution in [0.15, 0.2) is 4.52 Å². The van der Waals surface area contributed by atoms with Gasteiger partial charge in [0.05, 0.1) is 0 Å². The summed E-state index contributed by atoms with van der Waals surface area (Å²) in [5, 5.41) is 12.5. The molecule has 76 valence electrons. The molecule has 0 saturated heterocycles. The summed E-state index contributed by atoms with van der Waals surface area (Å²) < 4.78 is 5.06. The first kappa shape index (κ1) is 9.24. The van der Waals surface area contributed by atoms with Gasteiger partial charge in [0.25, 0.3) is 0 Å². The minimum absolute atomic E-state index is 0.0967. The molecule has 2 atom stereocenters. The molecule has 1 aromatic heterocycles. The zero-order chi connectivity index (χ0) is 10.3. The van der Waals surface area contributed by atoms with E-state index in [1.165, 1.54) is 0 Å². The highest BCUT2D eigenvalue weighted by Gasteiger charge is 2.31. The maximum absolute atomic E-state index is 10.8. The molecule has 0 aromatic carbocycles. The average molecular weight is 195 g/mol. The lowest BCUT2D eigenvalue weighted by Gasteiger charge is -2.22. The van der Waals surface area contributed by atoms with Crippen LogP contribution in [0.25, 0.3) is 0 Å². The monoisotopic (exact) mass is 195 g/mol. The molecule has 14 heavy (non-hydrogen) atoms. The van der Waals surface area contributed by atoms with E-state index in [-0.39, 0.29) is 11.6 Å². The van der Waals surface area contributed by atoms with Crippen molar-refractivity contribution in [2.75, 3.05) is 0 Å². The van der Waals surface area contributed by atoms with Crippen molar-refractivity contribution in [2.24, 2.45) is 5.92 Å². The number of hydrogen-bond acceptors (Lipinski definition) is 3. The molecule has 0 fully saturated rings. The third-order valence-corrected chi connectivity index (χ3v) is 2.79. The lowest BCUT2D eigenvalue weighted by atomic mass is 9.81. The predicted octanol–water partition coefficient (Wildman–Crippen LogP) is 2.06. The van der Waals surface area contributed by atoms with E-state index >= 15 is 0 Å². The van der Waals surface area contributed by atoms with Crippen LogP contribution >= 0.6 is 0 Å². The second-order valence-electron chi connectivity index (χ2n) is 4.12. The van der Waals surface area contributed by atoms with Crippen LogP contribution in [0.2, 0.25) is 0 Å². The van der Waals surface area contributed by atoms with E-state index < -0.39 is 5.97 Å². The molecule has 0 bridgehead atoms. The summed E-state index contributed by atoms with van der Waals surface area (Å²) >= 11 is 0. The molecule has 1 aromatic rings. The van der Waals surface area contributed by atoms with Gasteiger partial charge in [-0.15, -0.1) is 0 Å². The van der Waals surface area contributed by atoms with E-state index in [2.05, 4.69) is 12.1 Å². The quantitative estimate of drug-likeness (QED) is 0.744. The Morgan fingerprint density at radius 1 is 1.57 bits per heavy atom. The van der Waals surface area contributed by atoms with Gasteiger partial charge in [0.1, 0.15) is 5.76 Å². The lowest BCUT2D eigenvalue weighted by Crippen LogP contribution is -2.15. The van der Waals surface area contributed by atoms with E-state index in [4.69, 9.17) is 9.63 Å². The van der Waals surface area contributed by atoms with E-state index in [9.17, 15) is 4.79 Å². The minimum Gasteiger partial charge on any atom is -0.476 e. The van der Waals surface area contributed by atoms with E-state index in [0.717, 1.165) is 24.2 Å². The molecule has 2 rings (SSSR count). The van der Waals surface area contributed by atoms with Gasteiger partial charge in [-0.2, -0.15) is 0 Å². The summed E-state index contributed by atoms with van der Waals surface area (Å²) in [4.78, 5) is 10.8. The molecule has 0 spiro atoms. The summed E-state index contributed by atoms with van der Waals surface area (Å²) in [7, 11) is 0. The number of rotatable bonds is 1. The number of carbonyl (C=O) groups is 1. The van der Waals surface area contributed by atoms with Crippen LogP contribution in [-0.4, -0.2) is 16.2 Å². The average Bonchev–Trinajstić information content (AvgIpc) is 2.47. The second-order valence-corrected chi connectivity index (χ2v) is 4.12. The third kappa shape index (κ3) is 1.31. The minimum atomic E-state index is -0.989. The van der Waals surface area contributed by atoms with Crippen molar-refractivity contribution in [1.29, 1.82) is 0 Å². The van der Waals surface area contributed by atoms with Gasteiger partial charge in [-0.3, -0.25) is 0 Å². The Morgan fingerprint density at radius 3 is 2.93 bits per heavy atom. The SMILES string of the molecule is CC1Cc2onc(C(=O)O)c2C(C)C1. The Labute approximate surface area is 81.9 Å². The van der Waals surface area contributed by atoms with Gasteiger partial charge < -0.3 is 9.63 Å². The first-order chi connectivity index (χ1) is 6.59. The topological polar surface area (TPSA) is 63.3 Å². The molecule has 4 nitrogen and oxygen atoms in total. The summed E-state index contributed by atoms with van der Waals surface area (Å²) in [5.74, 6) is 0.559. The predicted molar refractivity (Wildman–Crippen MR) is 49.4 cm³/mol. The van der Waals surface area contributed by atoms with E-state index in [1.807, 2.05) is 6.92 Å². The molecule has 0 aliphatic heterocycles. The van der Waals surface area contributed by atoms with Crippen molar-refractivity contribution in [2.45, 2.75) is 32.6 Å². The first-order valence-corrected chi connectivity index (χ1v) is 4.81. The summed E-state index contributed by atoms with van der Waals surface area (Å²) in [5.41, 5.74) is 0.898. The fourth-order valence-electron chi connectivity index (χ4n) is 2.26. The normalized spacial score (nSPS) is 25.9. The summed E-state index contributed by atoms with van der Waals surface area (Å²) in [6, 6.07) is 0. The number of nitrogens with zero attached hydrogens (tertiary/aromatic N) is 1. The van der Waals surface area contributed by atoms with Crippen LogP contribution in [0.1, 0.15) is 48.0 Å². The van der Waals surface area contributed by atoms with Crippen molar-refractivity contribution in [3.05, 3.63) is 17.0 Å². The van der Waals surface area contributed by atoms with Gasteiger partial charge in [-0.05, 0) is 18.3 Å². The standard InChI is InChI=1S/C10H13NO3/c1-5-3-6(2)8-7(4-5)14-11-9(8)10(12)13/h5-6H,3-4H2,1-2H3,(H,12,13). The van der Waals surface area contributed by atoms with E-state index in [0.29, 0.717) is 5.92 Å². The van der Waals surface area contributed by atoms with Gasteiger partial charge in [0, 0.05) is 12.0 Å².